The topological polar surface area (TPSA) is 83.6 Å². The van der Waals surface area contributed by atoms with Gasteiger partial charge in [-0.2, -0.15) is 84.1 Å². The van der Waals surface area contributed by atoms with Crippen LogP contribution in [0.25, 0.3) is 77.6 Å². The first-order valence-corrected chi connectivity index (χ1v) is 29.2. The molecule has 0 atom stereocenters. The van der Waals surface area contributed by atoms with Crippen LogP contribution in [0.15, 0.2) is 260 Å². The maximum Gasteiger partial charge on any atom is 0.416 e. The molecule has 0 fully saturated rings. The molecule has 4 aromatic heterocycles. The fraction of sp³-hybridized carbons (Fsp3) is 0.0658. The summed E-state index contributed by atoms with van der Waals surface area (Å²) in [7, 11) is 0. The molecule has 9 nitrogen and oxygen atoms in total. The second-order valence-electron chi connectivity index (χ2n) is 21.9. The molecule has 0 amide bonds. The minimum Gasteiger partial charge on any atom is -0.300 e. The van der Waals surface area contributed by atoms with Gasteiger partial charge in [0, 0.05) is 145 Å². The van der Waals surface area contributed by atoms with Gasteiger partial charge in [0.1, 0.15) is 5.82 Å². The number of aliphatic imine (C=N–C) groups is 1. The van der Waals surface area contributed by atoms with Crippen LogP contribution in [0, 0.1) is 53.6 Å². The smallest absolute Gasteiger partial charge is 0.300 e. The van der Waals surface area contributed by atoms with E-state index in [2.05, 4.69) is 87.8 Å². The Balaban J connectivity index is 0.000000177. The van der Waals surface area contributed by atoms with Crippen molar-refractivity contribution in [3.63, 3.8) is 0 Å². The van der Waals surface area contributed by atoms with Crippen LogP contribution in [0.1, 0.15) is 36.1 Å². The standard InChI is InChI=1S/C21H11F6N2.C16H13FN.C13H7F2N2.C13H8FN2.C13H9N2.5Ir/c22-20(23,24)14-8-10-16(11-9-14)29-18-7-2-1-6-17(18)19(28-29)13-4-3-5-15(12-13)21(25,26)27;1-16(2)13-8-3-4-9-14(13)18-15(16)11-6-5-7-12(17)10-11;14-10-2-1-3-12(7-10)17-13-5-4-11(15)6-9(13)8-16-17;14-11-5-7-12(8-6-11)16-13-4-2-1-3-10(13)9-15-16;1-2-7-12(8-3-1)15-13-9-5-4-6-11(13)10-14-15;;;;;/h1-3,5-12H;3-5,7-10H,1-2H3;1-2,4-8H;1-7,9H;1-7,9-10H;;;;;/q5*-1;;;;;. The van der Waals surface area contributed by atoms with Gasteiger partial charge in [0.05, 0.1) is 57.6 Å². The van der Waals surface area contributed by atoms with E-state index in [1.54, 1.807) is 53.3 Å². The van der Waals surface area contributed by atoms with Crippen molar-refractivity contribution >= 4 is 55.0 Å². The van der Waals surface area contributed by atoms with Crippen LogP contribution in [0.2, 0.25) is 0 Å². The normalized spacial score (nSPS) is 11.7. The summed E-state index contributed by atoms with van der Waals surface area (Å²) in [6, 6.07) is 78.2. The molecule has 0 saturated heterocycles. The molecular formula is C76H48F10Ir5N9-5. The Hall–Kier alpha value is -8.48. The monoisotopic (exact) mass is 2240 g/mol. The Morgan fingerprint density at radius 1 is 0.380 bits per heavy atom. The van der Waals surface area contributed by atoms with Gasteiger partial charge in [0.25, 0.3) is 0 Å². The van der Waals surface area contributed by atoms with Crippen molar-refractivity contribution < 1.29 is 144 Å². The van der Waals surface area contributed by atoms with E-state index in [-0.39, 0.29) is 140 Å². The summed E-state index contributed by atoms with van der Waals surface area (Å²) in [6.07, 6.45) is -3.79. The zero-order valence-corrected chi connectivity index (χ0v) is 63.7. The average Bonchev–Trinajstić information content (AvgIpc) is 1.61. The second kappa shape index (κ2) is 34.3. The summed E-state index contributed by atoms with van der Waals surface area (Å²) in [5, 5.41) is 20.5. The number of nitrogens with zero attached hydrogens (tertiary/aromatic N) is 9. The van der Waals surface area contributed by atoms with Crippen molar-refractivity contribution in [2.45, 2.75) is 31.6 Å². The van der Waals surface area contributed by atoms with Gasteiger partial charge in [-0.05, 0) is 106 Å². The zero-order chi connectivity index (χ0) is 66.4. The van der Waals surface area contributed by atoms with Crippen molar-refractivity contribution in [3.05, 3.63) is 331 Å². The number of hydrogen-bond acceptors (Lipinski definition) is 5. The number of aromatic nitrogens is 8. The molecule has 0 saturated carbocycles. The number of rotatable bonds is 6. The Labute approximate surface area is 634 Å². The minimum absolute atomic E-state index is 0. The molecule has 1 aliphatic rings. The molecule has 0 spiro atoms. The van der Waals surface area contributed by atoms with Gasteiger partial charge in [0.15, 0.2) is 0 Å². The number of benzene rings is 11. The molecule has 100 heavy (non-hydrogen) atoms. The van der Waals surface area contributed by atoms with Gasteiger partial charge in [-0.25, -0.2) is 23.0 Å². The summed E-state index contributed by atoms with van der Waals surface area (Å²) < 4.78 is 136. The van der Waals surface area contributed by atoms with E-state index in [0.717, 1.165) is 74.4 Å². The molecule has 5 radical (unpaired) electrons. The summed E-state index contributed by atoms with van der Waals surface area (Å²) in [5.41, 5.74) is 8.23. The Morgan fingerprint density at radius 2 is 0.890 bits per heavy atom. The molecule has 16 rings (SSSR count). The van der Waals surface area contributed by atoms with Gasteiger partial charge in [-0.15, -0.1) is 96.1 Å². The van der Waals surface area contributed by atoms with Crippen molar-refractivity contribution in [1.82, 2.24) is 39.1 Å². The number of para-hydroxylation sites is 5. The van der Waals surface area contributed by atoms with Gasteiger partial charge in [-0.3, -0.25) is 23.4 Å². The molecule has 517 valence electrons. The number of hydrogen-bond donors (Lipinski definition) is 0. The SMILES string of the molecule is CC1(C)C(c2[c-]ccc(F)c2)=Nc2ccccc21.FC(F)(F)c1ccc(-n2nc(-c3[c-]ccc(C(F)(F)F)c3)c3ccccc32)cc1.Fc1c[c-]c(-n2ncc3ccccc32)cc1.Fc1cc[c-]c(-n2ncc3cc(F)ccc32)c1.[Ir].[Ir].[Ir].[Ir].[Ir].[c-]1ccccc1-n1ncc2ccccc21. The number of alkyl halides is 6. The largest absolute Gasteiger partial charge is 0.416 e. The molecule has 0 unspecified atom stereocenters. The van der Waals surface area contributed by atoms with Gasteiger partial charge in [0.2, 0.25) is 0 Å². The summed E-state index contributed by atoms with van der Waals surface area (Å²) in [5.74, 6) is -1.22. The summed E-state index contributed by atoms with van der Waals surface area (Å²) >= 11 is 0. The Kier molecular flexibility index (Phi) is 27.0. The fourth-order valence-corrected chi connectivity index (χ4v) is 10.6. The fourth-order valence-electron chi connectivity index (χ4n) is 10.6. The van der Waals surface area contributed by atoms with Crippen LogP contribution in [-0.4, -0.2) is 44.8 Å². The third-order valence-corrected chi connectivity index (χ3v) is 15.2. The third-order valence-electron chi connectivity index (χ3n) is 15.2. The van der Waals surface area contributed by atoms with E-state index in [4.69, 9.17) is 0 Å². The first kappa shape index (κ1) is 78.8. The van der Waals surface area contributed by atoms with Gasteiger partial charge < -0.3 is 0 Å². The Bertz CT molecular complexity index is 5230. The predicted octanol–water partition coefficient (Wildman–Crippen LogP) is 19.5. The summed E-state index contributed by atoms with van der Waals surface area (Å²) in [6.45, 7) is 4.22. The van der Waals surface area contributed by atoms with Crippen molar-refractivity contribution in [2.75, 3.05) is 0 Å². The molecular weight excluding hydrogens is 2190 g/mol. The maximum absolute atomic E-state index is 13.3. The van der Waals surface area contributed by atoms with E-state index in [1.807, 2.05) is 89.7 Å². The van der Waals surface area contributed by atoms with Crippen LogP contribution < -0.4 is 0 Å². The second-order valence-corrected chi connectivity index (χ2v) is 21.9. The van der Waals surface area contributed by atoms with E-state index in [1.165, 1.54) is 93.9 Å². The van der Waals surface area contributed by atoms with Crippen LogP contribution >= 0.6 is 0 Å². The molecule has 5 heterocycles. The first-order valence-electron chi connectivity index (χ1n) is 29.2. The maximum atomic E-state index is 13.3. The number of halogens is 10. The molecule has 24 heteroatoms. The van der Waals surface area contributed by atoms with E-state index in [9.17, 15) is 43.9 Å². The van der Waals surface area contributed by atoms with Crippen LogP contribution in [0.5, 0.6) is 0 Å². The molecule has 0 N–H and O–H groups in total. The average molecular weight is 2240 g/mol. The predicted molar refractivity (Wildman–Crippen MR) is 346 cm³/mol. The van der Waals surface area contributed by atoms with Gasteiger partial charge >= 0.3 is 12.4 Å². The molecule has 0 bridgehead atoms. The van der Waals surface area contributed by atoms with Crippen LogP contribution in [-0.2, 0) is 118 Å². The van der Waals surface area contributed by atoms with Crippen molar-refractivity contribution in [2.24, 2.45) is 4.99 Å². The van der Waals surface area contributed by atoms with Crippen molar-refractivity contribution in [3.8, 4) is 34.0 Å². The zero-order valence-electron chi connectivity index (χ0n) is 51.7. The molecule has 11 aromatic carbocycles. The Morgan fingerprint density at radius 3 is 1.49 bits per heavy atom. The minimum atomic E-state index is -4.52. The molecule has 0 aliphatic carbocycles. The quantitative estimate of drug-likeness (QED) is 0.123. The van der Waals surface area contributed by atoms with E-state index >= 15 is 0 Å². The molecule has 1 aliphatic heterocycles. The summed E-state index contributed by atoms with van der Waals surface area (Å²) in [4.78, 5) is 4.63. The van der Waals surface area contributed by atoms with Crippen molar-refractivity contribution in [1.29, 1.82) is 0 Å². The van der Waals surface area contributed by atoms with E-state index in [0.29, 0.717) is 33.2 Å². The van der Waals surface area contributed by atoms with Crippen LogP contribution in [0.3, 0.4) is 0 Å². The van der Waals surface area contributed by atoms with Gasteiger partial charge in [-0.1, -0.05) is 86.6 Å². The number of fused-ring (bicyclic) bond motifs is 5. The first-order chi connectivity index (χ1) is 45.8. The van der Waals surface area contributed by atoms with E-state index < -0.39 is 23.5 Å². The molecule has 15 aromatic rings. The third kappa shape index (κ3) is 18.0. The van der Waals surface area contributed by atoms with Crippen LogP contribution in [0.4, 0.5) is 49.6 Å².